The van der Waals surface area contributed by atoms with Crippen LogP contribution in [0.25, 0.3) is 0 Å². The Bertz CT molecular complexity index is 447. The summed E-state index contributed by atoms with van der Waals surface area (Å²) < 4.78 is 2.75. The zero-order chi connectivity index (χ0) is 14.2. The molecule has 0 atom stereocenters. The van der Waals surface area contributed by atoms with Crippen LogP contribution in [0.4, 0.5) is 0 Å². The second kappa shape index (κ2) is 5.92. The van der Waals surface area contributed by atoms with Crippen LogP contribution < -0.4 is 0 Å². The van der Waals surface area contributed by atoms with Gasteiger partial charge in [0.25, 0.3) is 0 Å². The Kier molecular flexibility index (Phi) is 4.87. The van der Waals surface area contributed by atoms with Crippen LogP contribution in [-0.4, -0.2) is 0 Å². The molecule has 0 saturated carbocycles. The predicted octanol–water partition coefficient (Wildman–Crippen LogP) is 6.19. The van der Waals surface area contributed by atoms with Gasteiger partial charge in [-0.2, -0.15) is 0 Å². The summed E-state index contributed by atoms with van der Waals surface area (Å²) in [5, 5.41) is 0. The molecular weight excluding hydrogens is 447 g/mol. The van der Waals surface area contributed by atoms with Crippen molar-refractivity contribution in [1.29, 1.82) is 0 Å². The van der Waals surface area contributed by atoms with E-state index >= 15 is 0 Å². The Labute approximate surface area is 128 Å². The molecule has 0 aromatic heterocycles. The molecule has 2 rings (SSSR count). The summed E-state index contributed by atoms with van der Waals surface area (Å²) in [7, 11) is 14.0. The average Bonchev–Trinajstić information content (AvgIpc) is 2.98. The molecule has 0 fully saturated rings. The van der Waals surface area contributed by atoms with Crippen molar-refractivity contribution in [2.45, 2.75) is 40.5 Å². The van der Waals surface area contributed by atoms with Crippen molar-refractivity contribution in [3.63, 3.8) is 0 Å². The van der Waals surface area contributed by atoms with Crippen LogP contribution in [-0.2, 0) is 14.0 Å². The maximum absolute atomic E-state index is 7.00. The van der Waals surface area contributed by atoms with Crippen molar-refractivity contribution in [1.82, 2.24) is 0 Å². The molecule has 2 aliphatic rings. The van der Waals surface area contributed by atoms with E-state index in [2.05, 4.69) is 52.0 Å². The van der Waals surface area contributed by atoms with Gasteiger partial charge in [0.2, 0.25) is 0 Å². The van der Waals surface area contributed by atoms with Crippen LogP contribution in [0.5, 0.6) is 0 Å². The van der Waals surface area contributed by atoms with Gasteiger partial charge >= 0.3 is 129 Å². The average molecular weight is 469 g/mol. The van der Waals surface area contributed by atoms with Crippen molar-refractivity contribution in [2.24, 2.45) is 11.8 Å². The molecule has 19 heavy (non-hydrogen) atoms. The van der Waals surface area contributed by atoms with E-state index in [-0.39, 0.29) is 0 Å². The molecule has 106 valence electrons. The van der Waals surface area contributed by atoms with Crippen LogP contribution in [0.1, 0.15) is 40.5 Å². The van der Waals surface area contributed by atoms with Gasteiger partial charge in [0, 0.05) is 0 Å². The second-order valence-corrected chi connectivity index (χ2v) is 21.5. The molecule has 0 aromatic rings. The van der Waals surface area contributed by atoms with Gasteiger partial charge in [-0.15, -0.1) is 0 Å². The summed E-state index contributed by atoms with van der Waals surface area (Å²) in [6, 6.07) is 0. The zero-order valence-electron chi connectivity index (χ0n) is 12.0. The van der Waals surface area contributed by atoms with Crippen molar-refractivity contribution in [2.75, 3.05) is 0 Å². The first kappa shape index (κ1) is 15.6. The van der Waals surface area contributed by atoms with E-state index in [0.29, 0.717) is 11.8 Å². The van der Waals surface area contributed by atoms with Crippen LogP contribution in [0.15, 0.2) is 43.4 Å². The Morgan fingerprint density at radius 1 is 0.842 bits per heavy atom. The standard InChI is InChI=1S/2C8H11.2ClH.W/c2*1-7(2)8-5-3-4-6-8;;;/h2*3,5,7H,4H2,1-2H3;2*1H;/q;;;;+2/p-2. The fourth-order valence-electron chi connectivity index (χ4n) is 2.69. The van der Waals surface area contributed by atoms with Gasteiger partial charge in [-0.25, -0.2) is 0 Å². The molecule has 2 aliphatic carbocycles. The molecule has 0 spiro atoms. The third kappa shape index (κ3) is 2.97. The Morgan fingerprint density at radius 2 is 1.21 bits per heavy atom. The van der Waals surface area contributed by atoms with Gasteiger partial charge in [-0.3, -0.25) is 0 Å². The van der Waals surface area contributed by atoms with Crippen LogP contribution in [0.3, 0.4) is 0 Å². The molecule has 0 heterocycles. The summed E-state index contributed by atoms with van der Waals surface area (Å²) in [5.41, 5.74) is 2.78. The number of rotatable bonds is 4. The third-order valence-electron chi connectivity index (χ3n) is 3.71. The van der Waals surface area contributed by atoms with Crippen LogP contribution in [0, 0.1) is 11.8 Å². The minimum absolute atomic E-state index is 0.513. The van der Waals surface area contributed by atoms with Gasteiger partial charge in [-0.05, 0) is 0 Å². The van der Waals surface area contributed by atoms with Crippen LogP contribution in [0.2, 0.25) is 0 Å². The summed E-state index contributed by atoms with van der Waals surface area (Å²) >= 11 is -3.34. The Hall–Kier alpha value is 0.228. The maximum atomic E-state index is 7.00. The normalized spacial score (nSPS) is 20.6. The monoisotopic (exact) mass is 468 g/mol. The van der Waals surface area contributed by atoms with Gasteiger partial charge in [-0.1, -0.05) is 0 Å². The van der Waals surface area contributed by atoms with Crippen LogP contribution >= 0.6 is 18.8 Å². The molecule has 0 saturated heterocycles. The zero-order valence-corrected chi connectivity index (χ0v) is 16.5. The molecule has 0 aliphatic heterocycles. The predicted molar refractivity (Wildman–Crippen MR) is 82.9 cm³/mol. The van der Waals surface area contributed by atoms with E-state index in [1.807, 2.05) is 0 Å². The molecule has 0 radical (unpaired) electrons. The van der Waals surface area contributed by atoms with Crippen molar-refractivity contribution in [3.8, 4) is 0 Å². The van der Waals surface area contributed by atoms with Crippen molar-refractivity contribution >= 4 is 18.8 Å². The number of hydrogen-bond acceptors (Lipinski definition) is 0. The molecule has 0 amide bonds. The van der Waals surface area contributed by atoms with E-state index in [0.717, 1.165) is 12.8 Å². The molecule has 0 N–H and O–H groups in total. The van der Waals surface area contributed by atoms with Gasteiger partial charge in [0.1, 0.15) is 0 Å². The first-order valence-electron chi connectivity index (χ1n) is 6.87. The summed E-state index contributed by atoms with van der Waals surface area (Å²) in [4.78, 5) is 0. The van der Waals surface area contributed by atoms with E-state index in [1.54, 1.807) is 0 Å². The fourth-order valence-corrected chi connectivity index (χ4v) is 15.2. The molecule has 0 bridgehead atoms. The molecule has 0 nitrogen and oxygen atoms in total. The van der Waals surface area contributed by atoms with Gasteiger partial charge in [0.15, 0.2) is 0 Å². The van der Waals surface area contributed by atoms with Crippen molar-refractivity contribution < 1.29 is 14.0 Å². The molecule has 0 aromatic carbocycles. The third-order valence-corrected chi connectivity index (χ3v) is 17.1. The summed E-state index contributed by atoms with van der Waals surface area (Å²) in [6.45, 7) is 8.91. The Balaban J connectivity index is 2.44. The molecular formula is C16H22Cl2W. The molecule has 0 unspecified atom stereocenters. The van der Waals surface area contributed by atoms with E-state index in [1.165, 1.54) is 19.1 Å². The van der Waals surface area contributed by atoms with E-state index in [4.69, 9.17) is 18.8 Å². The summed E-state index contributed by atoms with van der Waals surface area (Å²) in [6.07, 6.45) is 10.8. The fraction of sp³-hybridized carbons (Fsp3) is 0.500. The first-order valence-corrected chi connectivity index (χ1v) is 17.1. The SMILES string of the molecule is CC(C)C1=[C]([W]([Cl])([Cl])[C]2=C(C(C)C)C=CC2)CC=C1. The molecule has 3 heteroatoms. The topological polar surface area (TPSA) is 0 Å². The van der Waals surface area contributed by atoms with E-state index < -0.39 is 14.0 Å². The number of hydrogen-bond donors (Lipinski definition) is 0. The summed E-state index contributed by atoms with van der Waals surface area (Å²) in [5.74, 6) is 1.03. The van der Waals surface area contributed by atoms with Crippen molar-refractivity contribution in [3.05, 3.63) is 43.4 Å². The first-order chi connectivity index (χ1) is 8.85. The van der Waals surface area contributed by atoms with E-state index in [9.17, 15) is 0 Å². The van der Waals surface area contributed by atoms with Gasteiger partial charge in [0.05, 0.1) is 0 Å². The number of allylic oxidation sites excluding steroid dienone is 8. The second-order valence-electron chi connectivity index (χ2n) is 5.75. The van der Waals surface area contributed by atoms with Gasteiger partial charge < -0.3 is 0 Å². The Morgan fingerprint density at radius 3 is 1.53 bits per heavy atom. The minimum atomic E-state index is -3.34. The number of halogens is 2. The quantitative estimate of drug-likeness (QED) is 0.461.